The molecule has 0 heterocycles. The normalized spacial score (nSPS) is 10.7. The van der Waals surface area contributed by atoms with Gasteiger partial charge in [-0.1, -0.05) is 90.5 Å². The van der Waals surface area contributed by atoms with E-state index in [4.69, 9.17) is 18.9 Å². The fourth-order valence-electron chi connectivity index (χ4n) is 3.76. The summed E-state index contributed by atoms with van der Waals surface area (Å²) < 4.78 is 22.9. The first kappa shape index (κ1) is 26.1. The fraction of sp³-hybridized carbons (Fsp3) is 0.219. The molecular weight excluding hydrogens is 464 g/mol. The van der Waals surface area contributed by atoms with Crippen LogP contribution in [0, 0.1) is 6.92 Å². The van der Waals surface area contributed by atoms with Gasteiger partial charge in [-0.2, -0.15) is 0 Å². The minimum atomic E-state index is -0.413. The van der Waals surface area contributed by atoms with E-state index in [1.165, 1.54) is 5.56 Å². The van der Waals surface area contributed by atoms with Gasteiger partial charge in [-0.05, 0) is 41.8 Å². The standard InChI is InChI=1S/C32H32O5/c1-25-12-14-28(15-13-25)30-17-16-29(32(33)37-21-19-35-24-27-10-6-3-7-11-27)22-31(30)36-20-18-34-23-26-8-4-2-5-9-26/h2-17,22H,18-21,23-24H2,1H3. The molecule has 0 saturated carbocycles. The van der Waals surface area contributed by atoms with Crippen LogP contribution in [-0.4, -0.2) is 32.4 Å². The number of rotatable bonds is 13. The third kappa shape index (κ3) is 8.31. The van der Waals surface area contributed by atoms with E-state index in [-0.39, 0.29) is 6.61 Å². The number of benzene rings is 4. The number of aryl methyl sites for hydroxylation is 1. The average Bonchev–Trinajstić information content (AvgIpc) is 2.94. The van der Waals surface area contributed by atoms with Crippen LogP contribution in [0.5, 0.6) is 5.75 Å². The van der Waals surface area contributed by atoms with Crippen LogP contribution in [0.4, 0.5) is 0 Å². The van der Waals surface area contributed by atoms with Crippen molar-refractivity contribution in [3.63, 3.8) is 0 Å². The summed E-state index contributed by atoms with van der Waals surface area (Å²) in [5.74, 6) is 0.200. The van der Waals surface area contributed by atoms with Crippen LogP contribution in [0.25, 0.3) is 11.1 Å². The fourth-order valence-corrected chi connectivity index (χ4v) is 3.76. The molecule has 0 N–H and O–H groups in total. The Morgan fingerprint density at radius 3 is 1.86 bits per heavy atom. The maximum Gasteiger partial charge on any atom is 0.338 e. The molecule has 0 radical (unpaired) electrons. The smallest absolute Gasteiger partial charge is 0.338 e. The van der Waals surface area contributed by atoms with Gasteiger partial charge in [0, 0.05) is 5.56 Å². The number of carbonyl (C=O) groups is 1. The summed E-state index contributed by atoms with van der Waals surface area (Å²) in [6.07, 6.45) is 0. The molecule has 0 aliphatic rings. The van der Waals surface area contributed by atoms with E-state index in [0.29, 0.717) is 44.3 Å². The summed E-state index contributed by atoms with van der Waals surface area (Å²) in [4.78, 5) is 12.7. The molecule has 37 heavy (non-hydrogen) atoms. The van der Waals surface area contributed by atoms with Gasteiger partial charge in [0.05, 0.1) is 32.0 Å². The lowest BCUT2D eigenvalue weighted by atomic mass is 10.0. The predicted octanol–water partition coefficient (Wildman–Crippen LogP) is 6.63. The highest BCUT2D eigenvalue weighted by Gasteiger charge is 2.14. The lowest BCUT2D eigenvalue weighted by Crippen LogP contribution is -2.12. The van der Waals surface area contributed by atoms with E-state index in [1.54, 1.807) is 12.1 Å². The zero-order valence-electron chi connectivity index (χ0n) is 21.1. The van der Waals surface area contributed by atoms with Gasteiger partial charge in [-0.15, -0.1) is 0 Å². The lowest BCUT2D eigenvalue weighted by molar-refractivity contribution is 0.0288. The summed E-state index contributed by atoms with van der Waals surface area (Å²) >= 11 is 0. The van der Waals surface area contributed by atoms with Crippen LogP contribution in [0.15, 0.2) is 103 Å². The molecule has 0 unspecified atom stereocenters. The Hall–Kier alpha value is -3.93. The number of carbonyl (C=O) groups excluding carboxylic acids is 1. The van der Waals surface area contributed by atoms with Gasteiger partial charge in [-0.3, -0.25) is 0 Å². The number of esters is 1. The quantitative estimate of drug-likeness (QED) is 0.154. The Balaban J connectivity index is 1.34. The largest absolute Gasteiger partial charge is 0.491 e. The summed E-state index contributed by atoms with van der Waals surface area (Å²) in [5, 5.41) is 0. The molecule has 0 aliphatic carbocycles. The summed E-state index contributed by atoms with van der Waals surface area (Å²) in [5.41, 5.74) is 5.72. The van der Waals surface area contributed by atoms with Crippen LogP contribution in [0.1, 0.15) is 27.0 Å². The number of ether oxygens (including phenoxy) is 4. The molecule has 4 aromatic carbocycles. The van der Waals surface area contributed by atoms with Crippen LogP contribution in [0.3, 0.4) is 0 Å². The molecule has 4 rings (SSSR count). The Bertz CT molecular complexity index is 1240. The molecule has 0 spiro atoms. The Morgan fingerprint density at radius 1 is 0.649 bits per heavy atom. The van der Waals surface area contributed by atoms with Gasteiger partial charge in [0.25, 0.3) is 0 Å². The Kier molecular flexibility index (Phi) is 9.87. The third-order valence-electron chi connectivity index (χ3n) is 5.75. The van der Waals surface area contributed by atoms with E-state index >= 15 is 0 Å². The van der Waals surface area contributed by atoms with Crippen molar-refractivity contribution in [2.24, 2.45) is 0 Å². The second kappa shape index (κ2) is 14.0. The second-order valence-corrected chi connectivity index (χ2v) is 8.64. The predicted molar refractivity (Wildman–Crippen MR) is 145 cm³/mol. The molecule has 0 amide bonds. The molecule has 190 valence electrons. The van der Waals surface area contributed by atoms with Crippen LogP contribution >= 0.6 is 0 Å². The van der Waals surface area contributed by atoms with Gasteiger partial charge in [0.2, 0.25) is 0 Å². The third-order valence-corrected chi connectivity index (χ3v) is 5.75. The molecular formula is C32H32O5. The zero-order chi connectivity index (χ0) is 25.7. The highest BCUT2D eigenvalue weighted by molar-refractivity contribution is 5.91. The van der Waals surface area contributed by atoms with Crippen LogP contribution in [-0.2, 0) is 27.4 Å². The minimum absolute atomic E-state index is 0.175. The zero-order valence-corrected chi connectivity index (χ0v) is 21.1. The van der Waals surface area contributed by atoms with Crippen molar-refractivity contribution in [1.82, 2.24) is 0 Å². The monoisotopic (exact) mass is 496 g/mol. The highest BCUT2D eigenvalue weighted by atomic mass is 16.6. The molecule has 5 nitrogen and oxygen atoms in total. The summed E-state index contributed by atoms with van der Waals surface area (Å²) in [7, 11) is 0. The molecule has 0 aliphatic heterocycles. The molecule has 5 heteroatoms. The molecule has 0 atom stereocenters. The topological polar surface area (TPSA) is 54.0 Å². The Labute approximate surface area is 218 Å². The van der Waals surface area contributed by atoms with Crippen LogP contribution in [0.2, 0.25) is 0 Å². The van der Waals surface area contributed by atoms with Gasteiger partial charge < -0.3 is 18.9 Å². The van der Waals surface area contributed by atoms with E-state index in [9.17, 15) is 4.79 Å². The van der Waals surface area contributed by atoms with Gasteiger partial charge in [0.15, 0.2) is 0 Å². The van der Waals surface area contributed by atoms with Gasteiger partial charge in [-0.25, -0.2) is 4.79 Å². The minimum Gasteiger partial charge on any atom is -0.491 e. The SMILES string of the molecule is Cc1ccc(-c2ccc(C(=O)OCCOCc3ccccc3)cc2OCCOCc2ccccc2)cc1. The first-order valence-electron chi connectivity index (χ1n) is 12.4. The molecule has 0 bridgehead atoms. The van der Waals surface area contributed by atoms with E-state index in [1.807, 2.05) is 85.8 Å². The highest BCUT2D eigenvalue weighted by Crippen LogP contribution is 2.31. The van der Waals surface area contributed by atoms with Crippen molar-refractivity contribution in [2.45, 2.75) is 20.1 Å². The summed E-state index contributed by atoms with van der Waals surface area (Å²) in [6.45, 7) is 4.34. The van der Waals surface area contributed by atoms with E-state index < -0.39 is 5.97 Å². The van der Waals surface area contributed by atoms with Crippen molar-refractivity contribution in [3.8, 4) is 16.9 Å². The summed E-state index contributed by atoms with van der Waals surface area (Å²) in [6, 6.07) is 33.5. The van der Waals surface area contributed by atoms with Crippen molar-refractivity contribution >= 4 is 5.97 Å². The van der Waals surface area contributed by atoms with Crippen molar-refractivity contribution in [2.75, 3.05) is 26.4 Å². The molecule has 0 saturated heterocycles. The van der Waals surface area contributed by atoms with Crippen LogP contribution < -0.4 is 4.74 Å². The number of hydrogen-bond acceptors (Lipinski definition) is 5. The maximum absolute atomic E-state index is 12.7. The van der Waals surface area contributed by atoms with E-state index in [2.05, 4.69) is 12.1 Å². The van der Waals surface area contributed by atoms with Gasteiger partial charge in [0.1, 0.15) is 19.0 Å². The van der Waals surface area contributed by atoms with Gasteiger partial charge >= 0.3 is 5.97 Å². The molecule has 0 fully saturated rings. The van der Waals surface area contributed by atoms with Crippen molar-refractivity contribution < 1.29 is 23.7 Å². The first-order valence-corrected chi connectivity index (χ1v) is 12.4. The Morgan fingerprint density at radius 2 is 1.24 bits per heavy atom. The second-order valence-electron chi connectivity index (χ2n) is 8.64. The van der Waals surface area contributed by atoms with E-state index in [0.717, 1.165) is 22.3 Å². The number of hydrogen-bond donors (Lipinski definition) is 0. The molecule has 4 aromatic rings. The molecule has 0 aromatic heterocycles. The van der Waals surface area contributed by atoms with Crippen molar-refractivity contribution in [1.29, 1.82) is 0 Å². The first-order chi connectivity index (χ1) is 18.2. The average molecular weight is 497 g/mol. The maximum atomic E-state index is 12.7. The van der Waals surface area contributed by atoms with Crippen molar-refractivity contribution in [3.05, 3.63) is 125 Å². The lowest BCUT2D eigenvalue weighted by Gasteiger charge is -2.14.